The number of fused-ring (bicyclic) bond motifs is 6. The van der Waals surface area contributed by atoms with E-state index in [2.05, 4.69) is 109 Å². The molecule has 0 atom stereocenters. The normalized spacial score (nSPS) is 12.0. The number of pyridine rings is 1. The summed E-state index contributed by atoms with van der Waals surface area (Å²) in [7, 11) is 0. The Bertz CT molecular complexity index is 2840. The third-order valence-electron chi connectivity index (χ3n) is 10.6. The second-order valence-corrected chi connectivity index (χ2v) is 13.5. The van der Waals surface area contributed by atoms with Crippen LogP contribution in [0.25, 0.3) is 89.1 Å². The number of aromatic nitrogens is 4. The minimum atomic E-state index is 0.720. The highest BCUT2D eigenvalue weighted by atomic mass is 16.3. The Labute approximate surface area is 301 Å². The first-order valence-corrected chi connectivity index (χ1v) is 17.6. The van der Waals surface area contributed by atoms with Gasteiger partial charge >= 0.3 is 0 Å². The van der Waals surface area contributed by atoms with Crippen LogP contribution in [0, 0.1) is 13.8 Å². The second kappa shape index (κ2) is 12.0. The Balaban J connectivity index is 1.33. The predicted octanol–water partition coefficient (Wildman–Crippen LogP) is 11.7. The molecule has 5 heteroatoms. The number of rotatable bonds is 5. The van der Waals surface area contributed by atoms with Crippen molar-refractivity contribution in [3.05, 3.63) is 168 Å². The summed E-state index contributed by atoms with van der Waals surface area (Å²) in [5.41, 5.74) is 18.9. The van der Waals surface area contributed by atoms with Gasteiger partial charge in [-0.05, 0) is 106 Å². The first kappa shape index (κ1) is 30.1. The zero-order chi connectivity index (χ0) is 34.8. The molecule has 0 saturated carbocycles. The van der Waals surface area contributed by atoms with E-state index in [1.165, 1.54) is 38.9 Å². The maximum absolute atomic E-state index is 6.55. The van der Waals surface area contributed by atoms with E-state index in [9.17, 15) is 0 Å². The molecule has 3 heterocycles. The van der Waals surface area contributed by atoms with Crippen LogP contribution >= 0.6 is 0 Å². The summed E-state index contributed by atoms with van der Waals surface area (Å²) < 4.78 is 6.55. The lowest BCUT2D eigenvalue weighted by Crippen LogP contribution is -2.03. The fourth-order valence-electron chi connectivity index (χ4n) is 8.14. The number of nitrogens with zero attached hydrogens (tertiary/aromatic N) is 4. The van der Waals surface area contributed by atoms with Crippen molar-refractivity contribution in [2.24, 2.45) is 0 Å². The maximum atomic E-state index is 6.55. The maximum Gasteiger partial charge on any atom is 0.136 e. The van der Waals surface area contributed by atoms with E-state index in [-0.39, 0.29) is 0 Å². The number of hydrogen-bond donors (Lipinski definition) is 0. The highest BCUT2D eigenvalue weighted by Gasteiger charge is 2.29. The van der Waals surface area contributed by atoms with Gasteiger partial charge in [0.25, 0.3) is 0 Å². The average Bonchev–Trinajstić information content (AvgIpc) is 3.77. The quantitative estimate of drug-likeness (QED) is 0.183. The minimum Gasteiger partial charge on any atom is -0.456 e. The van der Waals surface area contributed by atoms with Crippen molar-refractivity contribution in [3.63, 3.8) is 0 Å². The van der Waals surface area contributed by atoms with E-state index in [0.29, 0.717) is 0 Å². The highest BCUT2D eigenvalue weighted by molar-refractivity contribution is 6.17. The van der Waals surface area contributed by atoms with Gasteiger partial charge < -0.3 is 4.42 Å². The fourth-order valence-corrected chi connectivity index (χ4v) is 8.14. The summed E-state index contributed by atoms with van der Waals surface area (Å²) in [6, 6.07) is 48.4. The third-order valence-corrected chi connectivity index (χ3v) is 10.6. The van der Waals surface area contributed by atoms with E-state index < -0.39 is 0 Å². The summed E-state index contributed by atoms with van der Waals surface area (Å²) in [6.45, 7) is 4.48. The van der Waals surface area contributed by atoms with Gasteiger partial charge in [0.2, 0.25) is 0 Å². The molecule has 9 aromatic rings. The van der Waals surface area contributed by atoms with Crippen LogP contribution in [0.3, 0.4) is 0 Å². The highest BCUT2D eigenvalue weighted by Crippen LogP contribution is 2.51. The number of para-hydroxylation sites is 1. The fraction of sp³-hybridized carbons (Fsp3) is 0.0638. The second-order valence-electron chi connectivity index (χ2n) is 13.5. The number of aryl methyl sites for hydroxylation is 1. The molecule has 246 valence electrons. The van der Waals surface area contributed by atoms with Gasteiger partial charge in [0.15, 0.2) is 0 Å². The van der Waals surface area contributed by atoms with Crippen LogP contribution in [-0.4, -0.2) is 20.4 Å². The van der Waals surface area contributed by atoms with Gasteiger partial charge in [0.1, 0.15) is 22.6 Å². The molecule has 52 heavy (non-hydrogen) atoms. The van der Waals surface area contributed by atoms with Crippen LogP contribution in [0.5, 0.6) is 0 Å². The molecule has 0 radical (unpaired) electrons. The van der Waals surface area contributed by atoms with Crippen molar-refractivity contribution in [2.75, 3.05) is 0 Å². The molecular formula is C47H32N4O. The van der Waals surface area contributed by atoms with E-state index in [1.807, 2.05) is 60.8 Å². The average molecular weight is 669 g/mol. The van der Waals surface area contributed by atoms with Crippen LogP contribution in [0.1, 0.15) is 22.3 Å². The molecule has 1 aliphatic rings. The Morgan fingerprint density at radius 3 is 2.08 bits per heavy atom. The Morgan fingerprint density at radius 1 is 0.519 bits per heavy atom. The van der Waals surface area contributed by atoms with E-state index in [1.54, 1.807) is 0 Å². The molecule has 3 aromatic heterocycles. The summed E-state index contributed by atoms with van der Waals surface area (Å²) in [5, 5.41) is 15.9. The molecule has 0 bridgehead atoms. The van der Waals surface area contributed by atoms with Crippen LogP contribution in [-0.2, 0) is 6.42 Å². The molecule has 1 aliphatic carbocycles. The molecule has 0 saturated heterocycles. The van der Waals surface area contributed by atoms with Crippen LogP contribution < -0.4 is 0 Å². The van der Waals surface area contributed by atoms with Gasteiger partial charge in [-0.25, -0.2) is 0 Å². The van der Waals surface area contributed by atoms with Crippen LogP contribution in [0.2, 0.25) is 0 Å². The smallest absolute Gasteiger partial charge is 0.136 e. The van der Waals surface area contributed by atoms with Gasteiger partial charge in [0.05, 0.1) is 5.69 Å². The Kier molecular flexibility index (Phi) is 6.93. The summed E-state index contributed by atoms with van der Waals surface area (Å²) in [5.74, 6) is 0. The van der Waals surface area contributed by atoms with Crippen molar-refractivity contribution in [2.45, 2.75) is 20.3 Å². The van der Waals surface area contributed by atoms with Gasteiger partial charge in [-0.3, -0.25) is 4.98 Å². The van der Waals surface area contributed by atoms with Crippen molar-refractivity contribution >= 4 is 21.9 Å². The summed E-state index contributed by atoms with van der Waals surface area (Å²) in [4.78, 5) is 5.24. The van der Waals surface area contributed by atoms with Crippen LogP contribution in [0.15, 0.2) is 150 Å². The zero-order valence-electron chi connectivity index (χ0n) is 28.8. The lowest BCUT2D eigenvalue weighted by molar-refractivity contribution is 0.669. The number of furan rings is 1. The summed E-state index contributed by atoms with van der Waals surface area (Å²) >= 11 is 0. The monoisotopic (exact) mass is 668 g/mol. The molecule has 0 fully saturated rings. The minimum absolute atomic E-state index is 0.720. The molecule has 10 rings (SSSR count). The molecule has 0 amide bonds. The van der Waals surface area contributed by atoms with Crippen molar-refractivity contribution in [1.29, 1.82) is 0 Å². The Hall–Kier alpha value is -6.72. The molecular weight excluding hydrogens is 637 g/mol. The molecule has 5 nitrogen and oxygen atoms in total. The van der Waals surface area contributed by atoms with Gasteiger partial charge in [-0.15, -0.1) is 10.2 Å². The Morgan fingerprint density at radius 2 is 1.23 bits per heavy atom. The zero-order valence-corrected chi connectivity index (χ0v) is 28.8. The number of benzene rings is 6. The van der Waals surface area contributed by atoms with Gasteiger partial charge in [-0.2, -0.15) is 0 Å². The standard InChI is InChI=1S/C47H32N4O/c1-28-26-37-33-19-10-9-18-32(33)27-38(37)41(29(28)2)35-23-24-40-43(34-20-11-12-22-39(34)52-40)44(35)46-36(21-13-25-48-46)47-42(30-14-5-3-6-15-30)45(49-51-50-47)31-16-7-4-8-17-31/h3-26H,27H2,1-2H3. The summed E-state index contributed by atoms with van der Waals surface area (Å²) in [6.07, 6.45) is 2.75. The lowest BCUT2D eigenvalue weighted by Gasteiger charge is -2.21. The van der Waals surface area contributed by atoms with E-state index in [4.69, 9.17) is 14.5 Å². The molecule has 0 unspecified atom stereocenters. The topological polar surface area (TPSA) is 64.7 Å². The SMILES string of the molecule is Cc1cc2c(c(-c3ccc4oc5ccccc5c4c3-c3ncccc3-c3nnnc(-c4ccccc4)c3-c3ccccc3)c1C)Cc1ccccc1-2. The number of hydrogen-bond acceptors (Lipinski definition) is 5. The van der Waals surface area contributed by atoms with Crippen molar-refractivity contribution in [3.8, 4) is 67.2 Å². The van der Waals surface area contributed by atoms with Crippen LogP contribution in [0.4, 0.5) is 0 Å². The van der Waals surface area contributed by atoms with Gasteiger partial charge in [-0.1, -0.05) is 109 Å². The first-order chi connectivity index (χ1) is 25.7. The van der Waals surface area contributed by atoms with Gasteiger partial charge in [0, 0.05) is 39.2 Å². The first-order valence-electron chi connectivity index (χ1n) is 17.6. The predicted molar refractivity (Wildman–Crippen MR) is 210 cm³/mol. The molecule has 0 N–H and O–H groups in total. The lowest BCUT2D eigenvalue weighted by atomic mass is 9.83. The molecule has 0 spiro atoms. The van der Waals surface area contributed by atoms with E-state index in [0.717, 1.165) is 78.8 Å². The molecule has 0 aliphatic heterocycles. The largest absolute Gasteiger partial charge is 0.456 e. The van der Waals surface area contributed by atoms with Crippen molar-refractivity contribution < 1.29 is 4.42 Å². The van der Waals surface area contributed by atoms with E-state index >= 15 is 0 Å². The molecule has 6 aromatic carbocycles. The third kappa shape index (κ3) is 4.63. The van der Waals surface area contributed by atoms with Crippen molar-refractivity contribution in [1.82, 2.24) is 20.4 Å².